The molecule has 0 radical (unpaired) electrons. The third kappa shape index (κ3) is 4.06. The Hall–Kier alpha value is -1.79. The molecule has 1 heterocycles. The van der Waals surface area contributed by atoms with Crippen molar-refractivity contribution in [2.45, 2.75) is 45.8 Å². The molecule has 0 spiro atoms. The first-order valence-electron chi connectivity index (χ1n) is 9.13. The van der Waals surface area contributed by atoms with Crippen molar-refractivity contribution >= 4 is 23.6 Å². The largest absolute Gasteiger partial charge is 0.465 e. The van der Waals surface area contributed by atoms with Crippen LogP contribution < -0.4 is 0 Å². The quantitative estimate of drug-likeness (QED) is 0.817. The van der Waals surface area contributed by atoms with Gasteiger partial charge < -0.3 is 20.0 Å². The van der Waals surface area contributed by atoms with E-state index in [1.54, 1.807) is 30.9 Å². The Morgan fingerprint density at radius 2 is 1.78 bits per heavy atom. The number of carbonyl (C=O) groups excluding carboxylic acids is 1. The van der Waals surface area contributed by atoms with Crippen LogP contribution in [0.2, 0.25) is 5.02 Å². The molecule has 1 aromatic carbocycles. The molecule has 1 saturated heterocycles. The average Bonchev–Trinajstić information content (AvgIpc) is 2.61. The molecule has 1 unspecified atom stereocenters. The predicted octanol–water partition coefficient (Wildman–Crippen LogP) is 3.42. The molecule has 6 nitrogen and oxygen atoms in total. The first kappa shape index (κ1) is 21.5. The lowest BCUT2D eigenvalue weighted by molar-refractivity contribution is -0.157. The van der Waals surface area contributed by atoms with Crippen molar-refractivity contribution in [2.75, 3.05) is 20.1 Å². The van der Waals surface area contributed by atoms with Crippen LogP contribution >= 0.6 is 11.6 Å². The van der Waals surface area contributed by atoms with E-state index in [1.165, 1.54) is 7.05 Å². The topological polar surface area (TPSA) is 81.1 Å². The van der Waals surface area contributed by atoms with Gasteiger partial charge >= 0.3 is 6.09 Å². The Labute approximate surface area is 165 Å². The van der Waals surface area contributed by atoms with Crippen LogP contribution in [0.5, 0.6) is 0 Å². The number of nitrogens with zero attached hydrogens (tertiary/aromatic N) is 2. The summed E-state index contributed by atoms with van der Waals surface area (Å²) in [6.07, 6.45) is -0.651. The van der Waals surface area contributed by atoms with Gasteiger partial charge in [-0.1, -0.05) is 44.5 Å². The number of likely N-dealkylation sites (tertiary alicyclic amines) is 1. The summed E-state index contributed by atoms with van der Waals surface area (Å²) >= 11 is 5.96. The maximum absolute atomic E-state index is 13.0. The van der Waals surface area contributed by atoms with Crippen LogP contribution in [0.25, 0.3) is 0 Å². The number of amides is 2. The van der Waals surface area contributed by atoms with Crippen molar-refractivity contribution in [2.24, 2.45) is 11.3 Å². The molecule has 0 aromatic heterocycles. The second-order valence-corrected chi connectivity index (χ2v) is 8.62. The zero-order chi connectivity index (χ0) is 20.6. The number of aliphatic hydroxyl groups is 1. The molecule has 2 N–H and O–H groups in total. The van der Waals surface area contributed by atoms with E-state index in [1.807, 2.05) is 26.0 Å². The third-order valence-corrected chi connectivity index (χ3v) is 6.36. The Balaban J connectivity index is 2.17. The molecule has 150 valence electrons. The maximum Gasteiger partial charge on any atom is 0.407 e. The van der Waals surface area contributed by atoms with E-state index in [9.17, 15) is 14.7 Å². The second-order valence-electron chi connectivity index (χ2n) is 8.18. The highest BCUT2D eigenvalue weighted by Crippen LogP contribution is 2.46. The van der Waals surface area contributed by atoms with Crippen molar-refractivity contribution in [3.63, 3.8) is 0 Å². The molecular formula is C20H29ClN2O4. The summed E-state index contributed by atoms with van der Waals surface area (Å²) < 4.78 is 0. The molecule has 7 heteroatoms. The average molecular weight is 397 g/mol. The number of piperidine rings is 1. The molecule has 0 saturated carbocycles. The third-order valence-electron chi connectivity index (χ3n) is 6.11. The molecule has 1 aromatic rings. The fourth-order valence-corrected chi connectivity index (χ4v) is 3.90. The van der Waals surface area contributed by atoms with Crippen molar-refractivity contribution < 1.29 is 19.8 Å². The van der Waals surface area contributed by atoms with Gasteiger partial charge in [0.25, 0.3) is 0 Å². The molecule has 1 aliphatic heterocycles. The summed E-state index contributed by atoms with van der Waals surface area (Å²) in [5, 5.41) is 21.2. The number of benzene rings is 1. The van der Waals surface area contributed by atoms with Crippen LogP contribution in [-0.4, -0.2) is 58.2 Å². The van der Waals surface area contributed by atoms with Gasteiger partial charge in [-0.3, -0.25) is 4.79 Å². The summed E-state index contributed by atoms with van der Waals surface area (Å²) in [5.41, 5.74) is -0.853. The summed E-state index contributed by atoms with van der Waals surface area (Å²) in [6, 6.07) is 6.74. The smallest absolute Gasteiger partial charge is 0.407 e. The number of carboxylic acid groups (broad SMARTS) is 1. The minimum atomic E-state index is -1.07. The molecule has 1 aliphatic rings. The standard InChI is InChI=1S/C20H29ClN2O4/c1-13(14(2)22(5)18(25)26)17(24)23-11-10-20(27,19(3,4)12-23)15-6-8-16(21)9-7-15/h6-9,13-14,27H,10-12H2,1-5H3,(H,25,26)/t13-,14?,20+/m1/s1. The van der Waals surface area contributed by atoms with Gasteiger partial charge in [0.2, 0.25) is 5.91 Å². The summed E-state index contributed by atoms with van der Waals surface area (Å²) in [4.78, 5) is 27.0. The minimum Gasteiger partial charge on any atom is -0.465 e. The van der Waals surface area contributed by atoms with Crippen LogP contribution in [-0.2, 0) is 10.4 Å². The van der Waals surface area contributed by atoms with Crippen LogP contribution in [0.3, 0.4) is 0 Å². The lowest BCUT2D eigenvalue weighted by Gasteiger charge is -2.51. The molecule has 27 heavy (non-hydrogen) atoms. The predicted molar refractivity (Wildman–Crippen MR) is 105 cm³/mol. The minimum absolute atomic E-state index is 0.0955. The molecule has 2 rings (SSSR count). The van der Waals surface area contributed by atoms with Gasteiger partial charge in [0, 0.05) is 36.6 Å². The van der Waals surface area contributed by atoms with Gasteiger partial charge in [-0.15, -0.1) is 0 Å². The van der Waals surface area contributed by atoms with E-state index in [0.29, 0.717) is 24.5 Å². The van der Waals surface area contributed by atoms with E-state index in [4.69, 9.17) is 16.7 Å². The molecule has 2 amide bonds. The monoisotopic (exact) mass is 396 g/mol. The zero-order valence-electron chi connectivity index (χ0n) is 16.6. The summed E-state index contributed by atoms with van der Waals surface area (Å²) in [6.45, 7) is 8.17. The van der Waals surface area contributed by atoms with Crippen molar-refractivity contribution in [1.29, 1.82) is 0 Å². The van der Waals surface area contributed by atoms with Crippen LogP contribution in [0, 0.1) is 11.3 Å². The fraction of sp³-hybridized carbons (Fsp3) is 0.600. The zero-order valence-corrected chi connectivity index (χ0v) is 17.3. The summed E-state index contributed by atoms with van der Waals surface area (Å²) in [7, 11) is 1.47. The van der Waals surface area contributed by atoms with E-state index in [2.05, 4.69) is 0 Å². The normalized spacial score (nSPS) is 24.2. The van der Waals surface area contributed by atoms with Crippen molar-refractivity contribution in [3.05, 3.63) is 34.9 Å². The molecular weight excluding hydrogens is 368 g/mol. The van der Waals surface area contributed by atoms with Crippen molar-refractivity contribution in [3.8, 4) is 0 Å². The maximum atomic E-state index is 13.0. The Morgan fingerprint density at radius 3 is 2.26 bits per heavy atom. The van der Waals surface area contributed by atoms with Gasteiger partial charge in [0.1, 0.15) is 0 Å². The summed E-state index contributed by atoms with van der Waals surface area (Å²) in [5.74, 6) is -0.564. The highest BCUT2D eigenvalue weighted by atomic mass is 35.5. The number of carbonyl (C=O) groups is 2. The lowest BCUT2D eigenvalue weighted by Crippen LogP contribution is -2.58. The number of hydrogen-bond donors (Lipinski definition) is 2. The second kappa shape index (κ2) is 7.68. The van der Waals surface area contributed by atoms with Gasteiger partial charge in [0.15, 0.2) is 0 Å². The van der Waals surface area contributed by atoms with Gasteiger partial charge in [0.05, 0.1) is 11.5 Å². The van der Waals surface area contributed by atoms with E-state index < -0.39 is 29.1 Å². The van der Waals surface area contributed by atoms with Gasteiger partial charge in [-0.2, -0.15) is 0 Å². The molecule has 0 bridgehead atoms. The Bertz CT molecular complexity index is 706. The number of hydrogen-bond acceptors (Lipinski definition) is 3. The number of halogens is 1. The van der Waals surface area contributed by atoms with Crippen molar-refractivity contribution in [1.82, 2.24) is 9.80 Å². The fourth-order valence-electron chi connectivity index (χ4n) is 3.77. The van der Waals surface area contributed by atoms with Crippen LogP contribution in [0.4, 0.5) is 4.79 Å². The first-order valence-corrected chi connectivity index (χ1v) is 9.51. The van der Waals surface area contributed by atoms with E-state index in [-0.39, 0.29) is 5.91 Å². The highest BCUT2D eigenvalue weighted by molar-refractivity contribution is 6.30. The van der Waals surface area contributed by atoms with E-state index in [0.717, 1.165) is 10.5 Å². The van der Waals surface area contributed by atoms with Crippen LogP contribution in [0.15, 0.2) is 24.3 Å². The molecule has 0 aliphatic carbocycles. The highest BCUT2D eigenvalue weighted by Gasteiger charge is 2.50. The SMILES string of the molecule is CC([C@@H](C)C(=O)N1CC[C@](O)(c2ccc(Cl)cc2)C(C)(C)C1)N(C)C(=O)O. The Morgan fingerprint density at radius 1 is 1.22 bits per heavy atom. The lowest BCUT2D eigenvalue weighted by atomic mass is 9.66. The molecule has 3 atom stereocenters. The van der Waals surface area contributed by atoms with Crippen LogP contribution in [0.1, 0.15) is 39.7 Å². The first-order chi connectivity index (χ1) is 12.4. The number of rotatable bonds is 4. The van der Waals surface area contributed by atoms with Gasteiger partial charge in [-0.25, -0.2) is 4.79 Å². The molecule has 1 fully saturated rings. The van der Waals surface area contributed by atoms with E-state index >= 15 is 0 Å². The van der Waals surface area contributed by atoms with Gasteiger partial charge in [-0.05, 0) is 31.0 Å². The Kier molecular flexibility index (Phi) is 6.12.